The zero-order valence-electron chi connectivity index (χ0n) is 18.0. The van der Waals surface area contributed by atoms with Crippen LogP contribution < -0.4 is 20.9 Å². The quantitative estimate of drug-likeness (QED) is 0.564. The molecule has 0 saturated carbocycles. The molecule has 3 heterocycles. The minimum Gasteiger partial charge on any atom is -0.478 e. The van der Waals surface area contributed by atoms with Crippen LogP contribution in [0, 0.1) is 5.92 Å². The third-order valence-electron chi connectivity index (χ3n) is 5.59. The molecule has 1 aliphatic carbocycles. The molecular formula is C21H26ClN7O3. The molecule has 0 radical (unpaired) electrons. The van der Waals surface area contributed by atoms with Crippen molar-refractivity contribution in [3.63, 3.8) is 0 Å². The summed E-state index contributed by atoms with van der Waals surface area (Å²) in [5, 5.41) is 9.47. The summed E-state index contributed by atoms with van der Waals surface area (Å²) in [7, 11) is 3.23. The van der Waals surface area contributed by atoms with E-state index in [1.54, 1.807) is 24.2 Å². The molecule has 2 atom stereocenters. The van der Waals surface area contributed by atoms with E-state index in [0.717, 1.165) is 31.9 Å². The van der Waals surface area contributed by atoms with Crippen LogP contribution in [0.3, 0.4) is 0 Å². The van der Waals surface area contributed by atoms with Gasteiger partial charge in [-0.1, -0.05) is 23.8 Å². The van der Waals surface area contributed by atoms with Crippen molar-refractivity contribution >= 4 is 35.2 Å². The smallest absolute Gasteiger partial charge is 0.288 e. The van der Waals surface area contributed by atoms with E-state index >= 15 is 0 Å². The predicted molar refractivity (Wildman–Crippen MR) is 121 cm³/mol. The number of amides is 2. The minimum atomic E-state index is -0.302. The van der Waals surface area contributed by atoms with Gasteiger partial charge in [0.1, 0.15) is 5.02 Å². The van der Waals surface area contributed by atoms with Crippen LogP contribution in [0.4, 0.5) is 11.8 Å². The standard InChI is InChI=1S/C21H26ClN7O3/c1-23-18(30)12-32-17-10-13-9-14(3-4-16(13)28(2)20(17)31)26-19-15(22)11-25-21(27-19)29-7-5-24-6-8-29/h3-4,9-11,13,16,24H,5-8,12H2,1-2H3,(H,23,30)(H,25,26,27). The number of allylic oxidation sites excluding steroid dienone is 1. The molecule has 10 nitrogen and oxygen atoms in total. The van der Waals surface area contributed by atoms with E-state index in [1.165, 1.54) is 7.05 Å². The number of likely N-dealkylation sites (N-methyl/N-ethyl adjacent to an activating group) is 2. The van der Waals surface area contributed by atoms with E-state index in [0.29, 0.717) is 16.8 Å². The molecule has 170 valence electrons. The van der Waals surface area contributed by atoms with E-state index in [4.69, 9.17) is 16.3 Å². The molecule has 1 aromatic rings. The molecule has 2 unspecified atom stereocenters. The van der Waals surface area contributed by atoms with Gasteiger partial charge in [-0.2, -0.15) is 4.98 Å². The monoisotopic (exact) mass is 459 g/mol. The van der Waals surface area contributed by atoms with E-state index in [9.17, 15) is 9.59 Å². The molecule has 1 aromatic heterocycles. The Morgan fingerprint density at radius 2 is 2.12 bits per heavy atom. The number of rotatable bonds is 6. The Hall–Kier alpha value is -3.11. The lowest BCUT2D eigenvalue weighted by Crippen LogP contribution is -2.45. The Morgan fingerprint density at radius 1 is 1.34 bits per heavy atom. The number of carbonyl (C=O) groups excluding carboxylic acids is 2. The van der Waals surface area contributed by atoms with E-state index < -0.39 is 0 Å². The Labute approximate surface area is 191 Å². The second-order valence-electron chi connectivity index (χ2n) is 7.69. The number of fused-ring (bicyclic) bond motifs is 1. The summed E-state index contributed by atoms with van der Waals surface area (Å²) >= 11 is 6.35. The highest BCUT2D eigenvalue weighted by atomic mass is 35.5. The first-order chi connectivity index (χ1) is 15.5. The highest BCUT2D eigenvalue weighted by molar-refractivity contribution is 6.32. The van der Waals surface area contributed by atoms with Crippen molar-refractivity contribution in [2.75, 3.05) is 57.1 Å². The number of anilines is 2. The lowest BCUT2D eigenvalue weighted by molar-refractivity contribution is -0.134. The van der Waals surface area contributed by atoms with Crippen molar-refractivity contribution in [2.24, 2.45) is 5.92 Å². The Kier molecular flexibility index (Phi) is 6.61. The van der Waals surface area contributed by atoms with Crippen molar-refractivity contribution in [1.29, 1.82) is 0 Å². The van der Waals surface area contributed by atoms with Gasteiger partial charge in [0.2, 0.25) is 5.95 Å². The van der Waals surface area contributed by atoms with Gasteiger partial charge >= 0.3 is 0 Å². The fourth-order valence-corrected chi connectivity index (χ4v) is 3.93. The molecule has 2 aliphatic heterocycles. The molecule has 0 spiro atoms. The first kappa shape index (κ1) is 22.1. The van der Waals surface area contributed by atoms with Crippen LogP contribution in [0.25, 0.3) is 0 Å². The molecular weight excluding hydrogens is 434 g/mol. The van der Waals surface area contributed by atoms with Crippen LogP contribution in [-0.4, -0.2) is 79.6 Å². The average molecular weight is 460 g/mol. The predicted octanol–water partition coefficient (Wildman–Crippen LogP) is 0.509. The van der Waals surface area contributed by atoms with Crippen LogP contribution in [0.1, 0.15) is 0 Å². The highest BCUT2D eigenvalue weighted by Gasteiger charge is 2.34. The summed E-state index contributed by atoms with van der Waals surface area (Å²) in [4.78, 5) is 36.8. The SMILES string of the molecule is CNC(=O)COC1=CC2C=C(Nc3nc(N4CCNCC4)ncc3Cl)C=CC2N(C)C1=O. The second kappa shape index (κ2) is 9.58. The van der Waals surface area contributed by atoms with E-state index in [1.807, 2.05) is 18.2 Å². The fourth-order valence-electron chi connectivity index (χ4n) is 3.79. The Morgan fingerprint density at radius 3 is 2.88 bits per heavy atom. The third kappa shape index (κ3) is 4.71. The van der Waals surface area contributed by atoms with Crippen LogP contribution in [0.5, 0.6) is 0 Å². The first-order valence-electron chi connectivity index (χ1n) is 10.4. The number of halogens is 1. The zero-order chi connectivity index (χ0) is 22.7. The van der Waals surface area contributed by atoms with Gasteiger partial charge in [0.25, 0.3) is 11.8 Å². The number of carbonyl (C=O) groups is 2. The summed E-state index contributed by atoms with van der Waals surface area (Å²) in [6.45, 7) is 3.22. The largest absolute Gasteiger partial charge is 0.478 e. The van der Waals surface area contributed by atoms with Gasteiger partial charge in [-0.25, -0.2) is 4.98 Å². The summed E-state index contributed by atoms with van der Waals surface area (Å²) < 4.78 is 5.45. The van der Waals surface area contributed by atoms with Crippen molar-refractivity contribution in [3.8, 4) is 0 Å². The Bertz CT molecular complexity index is 988. The van der Waals surface area contributed by atoms with Gasteiger partial charge in [0.05, 0.1) is 12.2 Å². The topological polar surface area (TPSA) is 112 Å². The average Bonchev–Trinajstić information content (AvgIpc) is 2.82. The molecule has 0 aromatic carbocycles. The van der Waals surface area contributed by atoms with Crippen LogP contribution >= 0.6 is 11.6 Å². The summed E-state index contributed by atoms with van der Waals surface area (Å²) in [5.74, 6) is 0.615. The zero-order valence-corrected chi connectivity index (χ0v) is 18.7. The normalized spacial score (nSPS) is 22.7. The van der Waals surface area contributed by atoms with E-state index in [-0.39, 0.29) is 36.1 Å². The number of hydrogen-bond donors (Lipinski definition) is 3. The summed E-state index contributed by atoms with van der Waals surface area (Å²) in [6.07, 6.45) is 9.18. The number of piperazine rings is 1. The molecule has 1 saturated heterocycles. The van der Waals surface area contributed by atoms with Crippen LogP contribution in [0.2, 0.25) is 5.02 Å². The molecule has 2 amide bonds. The molecule has 4 rings (SSSR count). The number of ether oxygens (including phenoxy) is 1. The summed E-state index contributed by atoms with van der Waals surface area (Å²) in [5.41, 5.74) is 0.794. The number of nitrogens with zero attached hydrogens (tertiary/aromatic N) is 4. The second-order valence-corrected chi connectivity index (χ2v) is 8.09. The van der Waals surface area contributed by atoms with Crippen molar-refractivity contribution in [3.05, 3.63) is 47.0 Å². The van der Waals surface area contributed by atoms with Crippen LogP contribution in [-0.2, 0) is 14.3 Å². The van der Waals surface area contributed by atoms with Gasteiger partial charge in [-0.3, -0.25) is 9.59 Å². The molecule has 11 heteroatoms. The van der Waals surface area contributed by atoms with Gasteiger partial charge in [0, 0.05) is 51.9 Å². The maximum atomic E-state index is 12.6. The lowest BCUT2D eigenvalue weighted by Gasteiger charge is -2.36. The van der Waals surface area contributed by atoms with Crippen LogP contribution in [0.15, 0.2) is 42.0 Å². The molecule has 32 heavy (non-hydrogen) atoms. The third-order valence-corrected chi connectivity index (χ3v) is 5.87. The molecule has 3 aliphatic rings. The maximum Gasteiger partial charge on any atom is 0.288 e. The van der Waals surface area contributed by atoms with Crippen molar-refractivity contribution in [2.45, 2.75) is 6.04 Å². The number of nitrogens with one attached hydrogen (secondary N) is 3. The van der Waals surface area contributed by atoms with E-state index in [2.05, 4.69) is 30.8 Å². The molecule has 3 N–H and O–H groups in total. The minimum absolute atomic E-state index is 0.127. The molecule has 0 bridgehead atoms. The lowest BCUT2D eigenvalue weighted by atomic mass is 9.89. The van der Waals surface area contributed by atoms with Crippen molar-refractivity contribution < 1.29 is 14.3 Å². The summed E-state index contributed by atoms with van der Waals surface area (Å²) in [6, 6.07) is -0.141. The maximum absolute atomic E-state index is 12.6. The Balaban J connectivity index is 1.52. The van der Waals surface area contributed by atoms with Gasteiger partial charge in [-0.15, -0.1) is 0 Å². The number of aromatic nitrogens is 2. The van der Waals surface area contributed by atoms with Gasteiger partial charge in [-0.05, 0) is 12.2 Å². The van der Waals surface area contributed by atoms with Gasteiger partial charge in [0.15, 0.2) is 18.2 Å². The first-order valence-corrected chi connectivity index (χ1v) is 10.8. The van der Waals surface area contributed by atoms with Crippen molar-refractivity contribution in [1.82, 2.24) is 25.5 Å². The highest BCUT2D eigenvalue weighted by Crippen LogP contribution is 2.31. The van der Waals surface area contributed by atoms with Gasteiger partial charge < -0.3 is 30.5 Å². The number of hydrogen-bond acceptors (Lipinski definition) is 8. The molecule has 1 fully saturated rings. The fraction of sp³-hybridized carbons (Fsp3) is 0.429.